The van der Waals surface area contributed by atoms with Crippen LogP contribution < -0.4 is 10.0 Å². The molecule has 2 aliphatic heterocycles. The van der Waals surface area contributed by atoms with E-state index in [2.05, 4.69) is 111 Å². The third kappa shape index (κ3) is 2.57. The molecule has 1 atom stereocenters. The molecule has 1 saturated heterocycles. The number of hydrogen-bond donors (Lipinski definition) is 1. The number of anilines is 2. The van der Waals surface area contributed by atoms with E-state index in [1.807, 2.05) is 0 Å². The normalized spacial score (nSPS) is 17.5. The number of phenols is 1. The van der Waals surface area contributed by atoms with Gasteiger partial charge in [-0.3, -0.25) is 10.0 Å². The predicted octanol–water partition coefficient (Wildman–Crippen LogP) is 6.27. The molecular weight excluding hydrogens is 356 g/mol. The van der Waals surface area contributed by atoms with E-state index in [1.165, 1.54) is 22.4 Å². The van der Waals surface area contributed by atoms with E-state index >= 15 is 0 Å². The van der Waals surface area contributed by atoms with Crippen molar-refractivity contribution >= 4 is 11.4 Å². The molecule has 0 spiro atoms. The maximum atomic E-state index is 11.3. The molecule has 0 amide bonds. The van der Waals surface area contributed by atoms with Gasteiger partial charge < -0.3 is 5.11 Å². The second-order valence-electron chi connectivity index (χ2n) is 9.75. The average molecular weight is 385 g/mol. The van der Waals surface area contributed by atoms with Crippen molar-refractivity contribution in [1.29, 1.82) is 0 Å². The zero-order chi connectivity index (χ0) is 20.6. The Balaban J connectivity index is 1.64. The number of aromatic hydroxyl groups is 1. The van der Waals surface area contributed by atoms with Crippen LogP contribution in [-0.4, -0.2) is 5.11 Å². The number of phenolic OH excluding ortho intramolecular Hbond substituents is 1. The van der Waals surface area contributed by atoms with Crippen LogP contribution in [0, 0.1) is 0 Å². The molecule has 0 radical (unpaired) electrons. The van der Waals surface area contributed by atoms with Crippen LogP contribution in [0.2, 0.25) is 0 Å². The third-order valence-electron chi connectivity index (χ3n) is 6.46. The van der Waals surface area contributed by atoms with Gasteiger partial charge in [-0.25, -0.2) is 0 Å². The highest BCUT2D eigenvalue weighted by molar-refractivity contribution is 5.86. The lowest BCUT2D eigenvalue weighted by Crippen LogP contribution is -2.22. The van der Waals surface area contributed by atoms with Crippen LogP contribution in [0.25, 0.3) is 0 Å². The summed E-state index contributed by atoms with van der Waals surface area (Å²) in [5.74, 6) is 0.394. The molecule has 3 aromatic rings. The number of nitrogens with zero attached hydrogens (tertiary/aromatic N) is 2. The monoisotopic (exact) mass is 384 g/mol. The van der Waals surface area contributed by atoms with Crippen molar-refractivity contribution in [3.05, 3.63) is 89.0 Å². The molecule has 3 heteroatoms. The molecule has 2 aliphatic rings. The topological polar surface area (TPSA) is 26.2 Å². The van der Waals surface area contributed by atoms with Gasteiger partial charge in [0.2, 0.25) is 0 Å². The van der Waals surface area contributed by atoms with Crippen LogP contribution in [0.5, 0.6) is 5.75 Å². The maximum Gasteiger partial charge on any atom is 0.168 e. The largest absolute Gasteiger partial charge is 0.505 e. The Labute approximate surface area is 173 Å². The molecule has 148 valence electrons. The standard InChI is InChI=1S/C26H28N2O/c1-25(2,3)20-15-18(26(4,5)17-11-7-6-8-12-17)16-22(23(20)29)28-24-19-13-9-10-14-21(19)27(24)28/h6-16,24,29H,1-5H3. The van der Waals surface area contributed by atoms with Gasteiger partial charge in [-0.15, -0.1) is 0 Å². The SMILES string of the molecule is CC(C)(C)c1cc(C(C)(C)c2ccccc2)cc(N2C3c4ccccc4N32)c1O. The first kappa shape index (κ1) is 18.1. The highest BCUT2D eigenvalue weighted by atomic mass is 16.3. The van der Waals surface area contributed by atoms with E-state index in [-0.39, 0.29) is 17.0 Å². The molecule has 1 fully saturated rings. The predicted molar refractivity (Wildman–Crippen MR) is 120 cm³/mol. The van der Waals surface area contributed by atoms with Crippen LogP contribution in [-0.2, 0) is 10.8 Å². The van der Waals surface area contributed by atoms with Crippen molar-refractivity contribution < 1.29 is 5.11 Å². The summed E-state index contributed by atoms with van der Waals surface area (Å²) in [5.41, 5.74) is 6.63. The van der Waals surface area contributed by atoms with Crippen LogP contribution in [0.1, 0.15) is 63.0 Å². The van der Waals surface area contributed by atoms with Crippen molar-refractivity contribution in [3.63, 3.8) is 0 Å². The van der Waals surface area contributed by atoms with Crippen LogP contribution in [0.4, 0.5) is 11.4 Å². The van der Waals surface area contributed by atoms with Crippen molar-refractivity contribution in [2.45, 2.75) is 51.6 Å². The fourth-order valence-electron chi connectivity index (χ4n) is 4.53. The maximum absolute atomic E-state index is 11.3. The first-order valence-electron chi connectivity index (χ1n) is 10.3. The Bertz CT molecular complexity index is 1070. The molecule has 0 saturated carbocycles. The lowest BCUT2D eigenvalue weighted by atomic mass is 9.75. The molecule has 3 aromatic carbocycles. The molecule has 3 nitrogen and oxygen atoms in total. The number of hydrazine groups is 1. The van der Waals surface area contributed by atoms with E-state index in [0.717, 1.165) is 11.3 Å². The van der Waals surface area contributed by atoms with Crippen molar-refractivity contribution in [1.82, 2.24) is 0 Å². The van der Waals surface area contributed by atoms with E-state index in [1.54, 1.807) is 0 Å². The van der Waals surface area contributed by atoms with Gasteiger partial charge in [0.05, 0.1) is 5.69 Å². The zero-order valence-electron chi connectivity index (χ0n) is 17.8. The Kier molecular flexibility index (Phi) is 3.62. The summed E-state index contributed by atoms with van der Waals surface area (Å²) >= 11 is 0. The van der Waals surface area contributed by atoms with Crippen molar-refractivity contribution in [2.75, 3.05) is 10.0 Å². The quantitative estimate of drug-likeness (QED) is 0.539. The van der Waals surface area contributed by atoms with E-state index in [4.69, 9.17) is 0 Å². The van der Waals surface area contributed by atoms with Gasteiger partial charge in [0.1, 0.15) is 11.4 Å². The first-order chi connectivity index (χ1) is 13.7. The summed E-state index contributed by atoms with van der Waals surface area (Å²) in [7, 11) is 0. The summed E-state index contributed by atoms with van der Waals surface area (Å²) < 4.78 is 0. The zero-order valence-corrected chi connectivity index (χ0v) is 17.8. The number of para-hydroxylation sites is 1. The second-order valence-corrected chi connectivity index (χ2v) is 9.75. The van der Waals surface area contributed by atoms with Gasteiger partial charge in [-0.05, 0) is 28.7 Å². The minimum atomic E-state index is -0.166. The van der Waals surface area contributed by atoms with Gasteiger partial charge in [0, 0.05) is 16.5 Å². The number of hydrogen-bond acceptors (Lipinski definition) is 3. The average Bonchev–Trinajstić information content (AvgIpc) is 3.34. The lowest BCUT2D eigenvalue weighted by molar-refractivity contribution is 0.446. The third-order valence-corrected chi connectivity index (χ3v) is 6.46. The van der Waals surface area contributed by atoms with Crippen molar-refractivity contribution in [3.8, 4) is 5.75 Å². The minimum absolute atomic E-state index is 0.154. The Hall–Kier alpha value is -2.94. The van der Waals surface area contributed by atoms with Gasteiger partial charge in [-0.2, -0.15) is 0 Å². The molecule has 0 bridgehead atoms. The Morgan fingerprint density at radius 3 is 2.00 bits per heavy atom. The molecule has 0 aromatic heterocycles. The summed E-state index contributed by atoms with van der Waals surface area (Å²) in [5, 5.41) is 15.8. The van der Waals surface area contributed by atoms with E-state index in [0.29, 0.717) is 5.75 Å². The van der Waals surface area contributed by atoms with E-state index in [9.17, 15) is 5.11 Å². The highest BCUT2D eigenvalue weighted by Gasteiger charge is 2.58. The Morgan fingerprint density at radius 1 is 0.724 bits per heavy atom. The smallest absolute Gasteiger partial charge is 0.168 e. The first-order valence-corrected chi connectivity index (χ1v) is 10.3. The summed E-state index contributed by atoms with van der Waals surface area (Å²) in [6.45, 7) is 11.0. The molecule has 0 aliphatic carbocycles. The fraction of sp³-hybridized carbons (Fsp3) is 0.308. The number of rotatable bonds is 3. The van der Waals surface area contributed by atoms with Gasteiger partial charge in [0.15, 0.2) is 6.17 Å². The van der Waals surface area contributed by atoms with Crippen LogP contribution >= 0.6 is 0 Å². The summed E-state index contributed by atoms with van der Waals surface area (Å²) in [6.07, 6.45) is 0.250. The van der Waals surface area contributed by atoms with Gasteiger partial charge in [0.25, 0.3) is 0 Å². The van der Waals surface area contributed by atoms with Crippen molar-refractivity contribution in [2.24, 2.45) is 0 Å². The van der Waals surface area contributed by atoms with E-state index < -0.39 is 0 Å². The van der Waals surface area contributed by atoms with Gasteiger partial charge in [-0.1, -0.05) is 89.2 Å². The molecule has 2 heterocycles. The van der Waals surface area contributed by atoms with Gasteiger partial charge >= 0.3 is 0 Å². The van der Waals surface area contributed by atoms with Crippen LogP contribution in [0.3, 0.4) is 0 Å². The molecular formula is C26H28N2O. The number of benzene rings is 3. The highest BCUT2D eigenvalue weighted by Crippen LogP contribution is 2.62. The minimum Gasteiger partial charge on any atom is -0.505 e. The second kappa shape index (κ2) is 5.79. The molecule has 29 heavy (non-hydrogen) atoms. The lowest BCUT2D eigenvalue weighted by Gasteiger charge is -2.30. The molecule has 1 unspecified atom stereocenters. The summed E-state index contributed by atoms with van der Waals surface area (Å²) in [6, 6.07) is 23.5. The molecule has 1 N–H and O–H groups in total. The number of fused-ring (bicyclic) bond motifs is 4. The molecule has 5 rings (SSSR count). The summed E-state index contributed by atoms with van der Waals surface area (Å²) in [4.78, 5) is 0. The Morgan fingerprint density at radius 2 is 1.34 bits per heavy atom. The van der Waals surface area contributed by atoms with Crippen LogP contribution in [0.15, 0.2) is 66.7 Å². The fourth-order valence-corrected chi connectivity index (χ4v) is 4.53.